The zero-order valence-electron chi connectivity index (χ0n) is 25.1. The Morgan fingerprint density at radius 2 is 1.15 bits per heavy atom. The Labute approximate surface area is 266 Å². The highest BCUT2D eigenvalue weighted by atomic mass is 15.2. The molecule has 0 amide bonds. The topological polar surface area (TPSA) is 34.6 Å². The molecule has 4 nitrogen and oxygen atoms in total. The average Bonchev–Trinajstić information content (AvgIpc) is 3.65. The smallest absolute Gasteiger partial charge is 0.152 e. The molecule has 0 spiro atoms. The van der Waals surface area contributed by atoms with Crippen LogP contribution in [0.3, 0.4) is 0 Å². The summed E-state index contributed by atoms with van der Waals surface area (Å²) in [5, 5.41) is 4.47. The molecule has 0 N–H and O–H groups in total. The molecule has 3 heterocycles. The lowest BCUT2D eigenvalue weighted by Gasteiger charge is -2.33. The summed E-state index contributed by atoms with van der Waals surface area (Å²) in [5.74, 6) is 0.381. The van der Waals surface area contributed by atoms with Crippen LogP contribution >= 0.6 is 0 Å². The third-order valence-corrected chi connectivity index (χ3v) is 10.0. The molecule has 0 radical (unpaired) electrons. The molecule has 1 aliphatic heterocycles. The van der Waals surface area contributed by atoms with E-state index in [1.807, 2.05) is 0 Å². The summed E-state index contributed by atoms with van der Waals surface area (Å²) in [6, 6.07) is 47.3. The lowest BCUT2D eigenvalue weighted by molar-refractivity contribution is 0.416. The maximum absolute atomic E-state index is 5.44. The molecular formula is C42H30N4. The Kier molecular flexibility index (Phi) is 5.49. The van der Waals surface area contributed by atoms with Crippen LogP contribution in [0.4, 0.5) is 0 Å². The van der Waals surface area contributed by atoms with Gasteiger partial charge in [0, 0.05) is 45.2 Å². The van der Waals surface area contributed by atoms with Crippen LogP contribution in [0.5, 0.6) is 0 Å². The molecule has 0 fully saturated rings. The molecule has 46 heavy (non-hydrogen) atoms. The highest BCUT2D eigenvalue weighted by molar-refractivity contribution is 5.96. The van der Waals surface area contributed by atoms with Crippen LogP contribution in [-0.2, 0) is 0 Å². The van der Waals surface area contributed by atoms with Crippen molar-refractivity contribution in [2.24, 2.45) is 9.98 Å². The molecule has 2 aromatic heterocycles. The summed E-state index contributed by atoms with van der Waals surface area (Å²) in [5.41, 5.74) is 10.1. The van der Waals surface area contributed by atoms with Gasteiger partial charge in [-0.3, -0.25) is 9.98 Å². The lowest BCUT2D eigenvalue weighted by Crippen LogP contribution is -2.34. The number of hydrogen-bond acceptors (Lipinski definition) is 2. The number of allylic oxidation sites excluding steroid dienone is 2. The van der Waals surface area contributed by atoms with Crippen LogP contribution in [0.15, 0.2) is 156 Å². The van der Waals surface area contributed by atoms with E-state index in [-0.39, 0.29) is 24.0 Å². The zero-order valence-corrected chi connectivity index (χ0v) is 25.1. The van der Waals surface area contributed by atoms with Crippen molar-refractivity contribution in [3.8, 4) is 5.69 Å². The summed E-state index contributed by atoms with van der Waals surface area (Å²) >= 11 is 0. The van der Waals surface area contributed by atoms with Crippen LogP contribution in [0, 0.1) is 0 Å². The quantitative estimate of drug-likeness (QED) is 0.197. The second-order valence-corrected chi connectivity index (χ2v) is 12.5. The van der Waals surface area contributed by atoms with Crippen molar-refractivity contribution < 1.29 is 0 Å². The number of nitrogens with zero attached hydrogens (tertiary/aromatic N) is 4. The SMILES string of the molecule is C1=CC2c3c(n(C4N=c5ccccc5=NC4c4ccccc4)c4ccccc34)C=CC2c2c1c1ccccc1n2-c1ccccc1. The van der Waals surface area contributed by atoms with Gasteiger partial charge in [-0.25, -0.2) is 0 Å². The predicted molar refractivity (Wildman–Crippen MR) is 186 cm³/mol. The van der Waals surface area contributed by atoms with Gasteiger partial charge in [-0.15, -0.1) is 0 Å². The van der Waals surface area contributed by atoms with E-state index in [2.05, 4.69) is 167 Å². The average molecular weight is 591 g/mol. The van der Waals surface area contributed by atoms with Crippen molar-refractivity contribution in [1.29, 1.82) is 0 Å². The van der Waals surface area contributed by atoms with Gasteiger partial charge in [0.2, 0.25) is 0 Å². The fraction of sp³-hybridized carbons (Fsp3) is 0.0952. The monoisotopic (exact) mass is 590 g/mol. The Balaban J connectivity index is 1.22. The highest BCUT2D eigenvalue weighted by Crippen LogP contribution is 2.52. The van der Waals surface area contributed by atoms with Crippen LogP contribution in [0.1, 0.15) is 52.1 Å². The van der Waals surface area contributed by atoms with Gasteiger partial charge < -0.3 is 9.13 Å². The summed E-state index contributed by atoms with van der Waals surface area (Å²) < 4.78 is 4.95. The third kappa shape index (κ3) is 3.61. The molecule has 4 atom stereocenters. The van der Waals surface area contributed by atoms with Crippen molar-refractivity contribution in [2.45, 2.75) is 24.0 Å². The number of hydrogen-bond donors (Lipinski definition) is 0. The molecule has 4 heteroatoms. The van der Waals surface area contributed by atoms with E-state index in [1.165, 1.54) is 55.6 Å². The molecule has 4 unspecified atom stereocenters. The van der Waals surface area contributed by atoms with Crippen molar-refractivity contribution >= 4 is 34.0 Å². The fourth-order valence-electron chi connectivity index (χ4n) is 8.14. The number of rotatable bonds is 3. The fourth-order valence-corrected chi connectivity index (χ4v) is 8.14. The van der Waals surface area contributed by atoms with Gasteiger partial charge in [0.05, 0.1) is 21.7 Å². The molecule has 5 aromatic carbocycles. The minimum absolute atomic E-state index is 0.142. The molecule has 0 saturated carbocycles. The van der Waals surface area contributed by atoms with E-state index in [1.54, 1.807) is 0 Å². The van der Waals surface area contributed by atoms with E-state index >= 15 is 0 Å². The predicted octanol–water partition coefficient (Wildman–Crippen LogP) is 8.70. The summed E-state index contributed by atoms with van der Waals surface area (Å²) in [6.07, 6.45) is 9.40. The first-order valence-electron chi connectivity index (χ1n) is 16.1. The molecule has 218 valence electrons. The van der Waals surface area contributed by atoms with E-state index < -0.39 is 0 Å². The molecule has 0 bridgehead atoms. The van der Waals surface area contributed by atoms with Crippen molar-refractivity contribution in [3.05, 3.63) is 184 Å². The summed E-state index contributed by atoms with van der Waals surface area (Å²) in [4.78, 5) is 10.8. The molecular weight excluding hydrogens is 560 g/mol. The summed E-state index contributed by atoms with van der Waals surface area (Å²) in [6.45, 7) is 0. The Morgan fingerprint density at radius 3 is 1.96 bits per heavy atom. The largest absolute Gasteiger partial charge is 0.316 e. The molecule has 2 aliphatic carbocycles. The highest BCUT2D eigenvalue weighted by Gasteiger charge is 2.39. The Hall–Kier alpha value is -5.74. The van der Waals surface area contributed by atoms with Gasteiger partial charge >= 0.3 is 0 Å². The van der Waals surface area contributed by atoms with Gasteiger partial charge in [0.15, 0.2) is 6.17 Å². The number of aromatic nitrogens is 2. The first-order valence-corrected chi connectivity index (χ1v) is 16.1. The zero-order chi connectivity index (χ0) is 30.2. The standard InChI is InChI=1S/C42H30N4/c1-3-13-27(14-4-1)40-42(44-35-20-10-9-19-34(35)43-40)46-37-22-12-8-18-33(37)39-30-23-24-31-29-17-7-11-21-36(29)45(28-15-5-2-6-16-28)41(31)32(30)25-26-38(39)46/h1-26,30,32,40,42H. The van der Waals surface area contributed by atoms with E-state index in [0.717, 1.165) is 10.7 Å². The first kappa shape index (κ1) is 25.6. The molecule has 10 rings (SSSR count). The maximum atomic E-state index is 5.44. The molecule has 7 aromatic rings. The van der Waals surface area contributed by atoms with Crippen LogP contribution in [0.25, 0.3) is 39.6 Å². The first-order chi connectivity index (χ1) is 22.8. The van der Waals surface area contributed by atoms with E-state index in [9.17, 15) is 0 Å². The molecule has 3 aliphatic rings. The number of para-hydroxylation sites is 5. The number of benzene rings is 5. The van der Waals surface area contributed by atoms with Gasteiger partial charge in [-0.05, 0) is 53.6 Å². The second-order valence-electron chi connectivity index (χ2n) is 12.5. The second kappa shape index (κ2) is 9.88. The van der Waals surface area contributed by atoms with Crippen molar-refractivity contribution in [2.75, 3.05) is 0 Å². The minimum Gasteiger partial charge on any atom is -0.316 e. The van der Waals surface area contributed by atoms with Gasteiger partial charge in [0.25, 0.3) is 0 Å². The minimum atomic E-state index is -0.217. The van der Waals surface area contributed by atoms with E-state index in [4.69, 9.17) is 9.98 Å². The summed E-state index contributed by atoms with van der Waals surface area (Å²) in [7, 11) is 0. The Bertz CT molecular complexity index is 2500. The van der Waals surface area contributed by atoms with Crippen molar-refractivity contribution in [3.63, 3.8) is 0 Å². The third-order valence-electron chi connectivity index (χ3n) is 10.0. The maximum Gasteiger partial charge on any atom is 0.152 e. The van der Waals surface area contributed by atoms with Crippen LogP contribution in [-0.4, -0.2) is 9.13 Å². The van der Waals surface area contributed by atoms with Crippen molar-refractivity contribution in [1.82, 2.24) is 9.13 Å². The lowest BCUT2D eigenvalue weighted by atomic mass is 9.74. The van der Waals surface area contributed by atoms with E-state index in [0.29, 0.717) is 0 Å². The number of fused-ring (bicyclic) bond motifs is 10. The van der Waals surface area contributed by atoms with Gasteiger partial charge in [-0.1, -0.05) is 115 Å². The van der Waals surface area contributed by atoms with Crippen LogP contribution < -0.4 is 10.7 Å². The Morgan fingerprint density at radius 1 is 0.522 bits per heavy atom. The van der Waals surface area contributed by atoms with Crippen LogP contribution in [0.2, 0.25) is 0 Å². The normalized spacial score (nSPS) is 20.8. The molecule has 0 saturated heterocycles. The van der Waals surface area contributed by atoms with Gasteiger partial charge in [0.1, 0.15) is 6.04 Å². The van der Waals surface area contributed by atoms with Gasteiger partial charge in [-0.2, -0.15) is 0 Å².